The number of carbonyl (C=O) groups excluding carboxylic acids is 1. The van der Waals surface area contributed by atoms with Crippen molar-refractivity contribution in [2.45, 2.75) is 13.0 Å². The number of anilines is 1. The van der Waals surface area contributed by atoms with E-state index >= 15 is 0 Å². The Kier molecular flexibility index (Phi) is 3.96. The zero-order valence-electron chi connectivity index (χ0n) is 14.4. The molecule has 0 bridgehead atoms. The van der Waals surface area contributed by atoms with Crippen LogP contribution in [0.5, 0.6) is 0 Å². The van der Waals surface area contributed by atoms with Gasteiger partial charge in [0.05, 0.1) is 12.7 Å². The van der Waals surface area contributed by atoms with Gasteiger partial charge in [-0.25, -0.2) is 9.48 Å². The summed E-state index contributed by atoms with van der Waals surface area (Å²) in [6.45, 7) is 1.83. The van der Waals surface area contributed by atoms with Crippen LogP contribution in [-0.2, 0) is 9.53 Å². The number of hydrogen-bond acceptors (Lipinski definition) is 6. The second-order valence-electron chi connectivity index (χ2n) is 5.91. The number of hydrogen-bond donors (Lipinski definition) is 1. The van der Waals surface area contributed by atoms with Gasteiger partial charge in [0.25, 0.3) is 0 Å². The lowest BCUT2D eigenvalue weighted by Crippen LogP contribution is -2.29. The number of allylic oxidation sites excluding steroid dienone is 1. The number of fused-ring (bicyclic) bond motifs is 1. The highest BCUT2D eigenvalue weighted by Gasteiger charge is 2.35. The molecule has 0 unspecified atom stereocenters. The van der Waals surface area contributed by atoms with Gasteiger partial charge in [0.15, 0.2) is 5.82 Å². The van der Waals surface area contributed by atoms with Crippen LogP contribution in [0.2, 0.25) is 0 Å². The third-order valence-electron chi connectivity index (χ3n) is 4.29. The monoisotopic (exact) mass is 347 g/mol. The summed E-state index contributed by atoms with van der Waals surface area (Å²) >= 11 is 0. The van der Waals surface area contributed by atoms with E-state index in [1.165, 1.54) is 7.11 Å². The first-order chi connectivity index (χ1) is 12.7. The molecule has 1 aromatic carbocycles. The molecule has 3 aromatic rings. The molecule has 0 saturated heterocycles. The lowest BCUT2D eigenvalue weighted by Gasteiger charge is -2.27. The minimum absolute atomic E-state index is 0.411. The minimum Gasteiger partial charge on any atom is -0.466 e. The molecule has 1 aliphatic rings. The number of nitrogens with zero attached hydrogens (tertiary/aromatic N) is 4. The van der Waals surface area contributed by atoms with Crippen molar-refractivity contribution in [2.75, 3.05) is 12.4 Å². The largest absolute Gasteiger partial charge is 0.466 e. The molecule has 1 N–H and O–H groups in total. The van der Waals surface area contributed by atoms with E-state index in [0.29, 0.717) is 23.0 Å². The molecule has 26 heavy (non-hydrogen) atoms. The zero-order valence-corrected chi connectivity index (χ0v) is 14.4. The van der Waals surface area contributed by atoms with Gasteiger partial charge in [-0.2, -0.15) is 4.98 Å². The van der Waals surface area contributed by atoms with E-state index < -0.39 is 12.0 Å². The number of ether oxygens (including phenoxy) is 1. The average Bonchev–Trinajstić information content (AvgIpc) is 3.11. The van der Waals surface area contributed by atoms with Gasteiger partial charge in [-0.15, -0.1) is 5.10 Å². The van der Waals surface area contributed by atoms with Crippen molar-refractivity contribution in [3.8, 4) is 11.4 Å². The van der Waals surface area contributed by atoms with Crippen LogP contribution in [0.15, 0.2) is 66.1 Å². The Bertz CT molecular complexity index is 980. The fourth-order valence-electron chi connectivity index (χ4n) is 3.08. The Morgan fingerprint density at radius 3 is 2.69 bits per heavy atom. The highest BCUT2D eigenvalue weighted by molar-refractivity contribution is 5.92. The number of pyridine rings is 1. The second kappa shape index (κ2) is 6.44. The van der Waals surface area contributed by atoms with E-state index in [2.05, 4.69) is 20.4 Å². The minimum atomic E-state index is -0.461. The predicted octanol–water partition coefficient (Wildman–Crippen LogP) is 2.80. The second-order valence-corrected chi connectivity index (χ2v) is 5.91. The van der Waals surface area contributed by atoms with Gasteiger partial charge in [0.1, 0.15) is 6.04 Å². The first kappa shape index (κ1) is 16.0. The van der Waals surface area contributed by atoms with Crippen LogP contribution in [0.4, 0.5) is 5.95 Å². The van der Waals surface area contributed by atoms with Crippen LogP contribution in [0.1, 0.15) is 18.5 Å². The zero-order chi connectivity index (χ0) is 18.1. The predicted molar refractivity (Wildman–Crippen MR) is 96.2 cm³/mol. The highest BCUT2D eigenvalue weighted by atomic mass is 16.5. The van der Waals surface area contributed by atoms with Crippen molar-refractivity contribution in [1.82, 2.24) is 19.7 Å². The third kappa shape index (κ3) is 2.63. The molecular formula is C19H17N5O2. The molecule has 4 rings (SSSR count). The van der Waals surface area contributed by atoms with E-state index in [1.54, 1.807) is 17.1 Å². The summed E-state index contributed by atoms with van der Waals surface area (Å²) in [5.74, 6) is 0.745. The van der Waals surface area contributed by atoms with Crippen LogP contribution in [0.25, 0.3) is 11.4 Å². The number of aromatic nitrogens is 4. The highest BCUT2D eigenvalue weighted by Crippen LogP contribution is 2.36. The molecular weight excluding hydrogens is 330 g/mol. The maximum Gasteiger partial charge on any atom is 0.338 e. The normalized spacial score (nSPS) is 16.0. The number of esters is 1. The van der Waals surface area contributed by atoms with Crippen LogP contribution in [0.3, 0.4) is 0 Å². The summed E-state index contributed by atoms with van der Waals surface area (Å²) in [7, 11) is 1.37. The van der Waals surface area contributed by atoms with Crippen molar-refractivity contribution in [2.24, 2.45) is 0 Å². The van der Waals surface area contributed by atoms with E-state index in [0.717, 1.165) is 11.1 Å². The number of nitrogens with one attached hydrogen (secondary N) is 1. The van der Waals surface area contributed by atoms with Gasteiger partial charge in [-0.3, -0.25) is 4.98 Å². The maximum absolute atomic E-state index is 12.4. The quantitative estimate of drug-likeness (QED) is 0.734. The van der Waals surface area contributed by atoms with Gasteiger partial charge in [0, 0.05) is 23.7 Å². The molecule has 1 atom stereocenters. The van der Waals surface area contributed by atoms with Crippen LogP contribution in [0, 0.1) is 0 Å². The van der Waals surface area contributed by atoms with Crippen molar-refractivity contribution in [1.29, 1.82) is 0 Å². The van der Waals surface area contributed by atoms with Gasteiger partial charge >= 0.3 is 5.97 Å². The lowest BCUT2D eigenvalue weighted by molar-refractivity contribution is -0.136. The number of methoxy groups -OCH3 is 1. The first-order valence-corrected chi connectivity index (χ1v) is 8.17. The van der Waals surface area contributed by atoms with Crippen LogP contribution in [-0.4, -0.2) is 32.8 Å². The Morgan fingerprint density at radius 1 is 1.19 bits per heavy atom. The SMILES string of the molecule is COC(=O)C1=C(C)Nc2nc(-c3ccccc3)nn2[C@@H]1c1cccnc1. The molecule has 0 aliphatic carbocycles. The van der Waals surface area contributed by atoms with E-state index in [1.807, 2.05) is 49.4 Å². The molecule has 1 aliphatic heterocycles. The molecule has 0 radical (unpaired) electrons. The third-order valence-corrected chi connectivity index (χ3v) is 4.29. The summed E-state index contributed by atoms with van der Waals surface area (Å²) in [6.07, 6.45) is 3.41. The maximum atomic E-state index is 12.4. The molecule has 7 heteroatoms. The number of benzene rings is 1. The van der Waals surface area contributed by atoms with Gasteiger partial charge in [-0.05, 0) is 18.6 Å². The lowest BCUT2D eigenvalue weighted by atomic mass is 9.97. The summed E-state index contributed by atoms with van der Waals surface area (Å²) in [4.78, 5) is 21.2. The van der Waals surface area contributed by atoms with E-state index in [4.69, 9.17) is 4.74 Å². The molecule has 0 spiro atoms. The van der Waals surface area contributed by atoms with Crippen LogP contribution < -0.4 is 5.32 Å². The Labute approximate surface area is 150 Å². The summed E-state index contributed by atoms with van der Waals surface area (Å²) in [6, 6.07) is 13.0. The first-order valence-electron chi connectivity index (χ1n) is 8.17. The molecule has 7 nitrogen and oxygen atoms in total. The molecule has 0 fully saturated rings. The Hall–Kier alpha value is -3.48. The molecule has 130 valence electrons. The van der Waals surface area contributed by atoms with Crippen molar-refractivity contribution in [3.63, 3.8) is 0 Å². The summed E-state index contributed by atoms with van der Waals surface area (Å²) < 4.78 is 6.71. The van der Waals surface area contributed by atoms with Gasteiger partial charge < -0.3 is 10.1 Å². The summed E-state index contributed by atoms with van der Waals surface area (Å²) in [5.41, 5.74) is 2.90. The molecule has 0 amide bonds. The Balaban J connectivity index is 1.88. The van der Waals surface area contributed by atoms with Gasteiger partial charge in [0.2, 0.25) is 5.95 Å². The molecule has 3 heterocycles. The smallest absolute Gasteiger partial charge is 0.338 e. The number of rotatable bonds is 3. The van der Waals surface area contributed by atoms with Gasteiger partial charge in [-0.1, -0.05) is 36.4 Å². The van der Waals surface area contributed by atoms with Crippen molar-refractivity contribution >= 4 is 11.9 Å². The standard InChI is InChI=1S/C19H17N5O2/c1-12-15(18(25)26-2)16(14-9-6-10-20-11-14)24-19(21-12)22-17(23-24)13-7-4-3-5-8-13/h3-11,16H,1-2H3,(H,21,22,23)/t16-/m1/s1. The fraction of sp³-hybridized carbons (Fsp3) is 0.158. The number of carbonyl (C=O) groups is 1. The molecule has 0 saturated carbocycles. The topological polar surface area (TPSA) is 81.9 Å². The van der Waals surface area contributed by atoms with E-state index in [9.17, 15) is 4.79 Å². The average molecular weight is 347 g/mol. The van der Waals surface area contributed by atoms with Crippen molar-refractivity contribution in [3.05, 3.63) is 71.7 Å². The Morgan fingerprint density at radius 2 is 2.00 bits per heavy atom. The van der Waals surface area contributed by atoms with Crippen molar-refractivity contribution < 1.29 is 9.53 Å². The fourth-order valence-corrected chi connectivity index (χ4v) is 3.08. The van der Waals surface area contributed by atoms with Crippen LogP contribution >= 0.6 is 0 Å². The molecule has 2 aromatic heterocycles. The summed E-state index contributed by atoms with van der Waals surface area (Å²) in [5, 5.41) is 7.82. The van der Waals surface area contributed by atoms with E-state index in [-0.39, 0.29) is 0 Å².